The van der Waals surface area contributed by atoms with Gasteiger partial charge in [-0.15, -0.1) is 0 Å². The van der Waals surface area contributed by atoms with Crippen molar-refractivity contribution in [3.8, 4) is 0 Å². The molecule has 1 aliphatic rings. The first-order valence-electron chi connectivity index (χ1n) is 5.15. The molecule has 1 heterocycles. The summed E-state index contributed by atoms with van der Waals surface area (Å²) < 4.78 is 0. The van der Waals surface area contributed by atoms with E-state index in [1.807, 2.05) is 0 Å². The van der Waals surface area contributed by atoms with E-state index in [4.69, 9.17) is 5.11 Å². The molecule has 1 amide bonds. The van der Waals surface area contributed by atoms with Crippen LogP contribution in [-0.4, -0.2) is 36.6 Å². The first kappa shape index (κ1) is 12.0. The van der Waals surface area contributed by atoms with Crippen LogP contribution < -0.4 is 10.6 Å². The van der Waals surface area contributed by atoms with Gasteiger partial charge in [0.2, 0.25) is 5.91 Å². The molecule has 1 saturated heterocycles. The van der Waals surface area contributed by atoms with Gasteiger partial charge in [0.05, 0.1) is 11.3 Å². The molecule has 0 radical (unpaired) electrons. The lowest BCUT2D eigenvalue weighted by molar-refractivity contribution is -0.146. The zero-order chi connectivity index (χ0) is 11.5. The minimum atomic E-state index is -0.901. The Bertz CT molecular complexity index is 257. The van der Waals surface area contributed by atoms with Gasteiger partial charge in [-0.3, -0.25) is 9.59 Å². The number of hydrogen-bond acceptors (Lipinski definition) is 3. The van der Waals surface area contributed by atoms with E-state index < -0.39 is 11.4 Å². The van der Waals surface area contributed by atoms with E-state index in [0.717, 1.165) is 13.0 Å². The summed E-state index contributed by atoms with van der Waals surface area (Å²) >= 11 is 0. The maximum Gasteiger partial charge on any atom is 0.310 e. The molecular formula is C10H18N2O3. The molecule has 0 aromatic heterocycles. The van der Waals surface area contributed by atoms with E-state index in [-0.39, 0.29) is 18.4 Å². The zero-order valence-electron chi connectivity index (χ0n) is 9.17. The number of amides is 1. The SMILES string of the molecule is CC(C)(CNC(=O)C1CCNC1)C(=O)O. The summed E-state index contributed by atoms with van der Waals surface area (Å²) in [6.45, 7) is 4.93. The van der Waals surface area contributed by atoms with Crippen LogP contribution in [0.25, 0.3) is 0 Å². The van der Waals surface area contributed by atoms with Crippen molar-refractivity contribution in [3.63, 3.8) is 0 Å². The first-order valence-corrected chi connectivity index (χ1v) is 5.15. The van der Waals surface area contributed by atoms with Gasteiger partial charge in [-0.2, -0.15) is 0 Å². The normalized spacial score (nSPS) is 21.3. The molecule has 0 aromatic rings. The van der Waals surface area contributed by atoms with Gasteiger partial charge in [-0.1, -0.05) is 0 Å². The van der Waals surface area contributed by atoms with Crippen LogP contribution in [0.3, 0.4) is 0 Å². The molecule has 5 nitrogen and oxygen atoms in total. The number of aliphatic carboxylic acids is 1. The average Bonchev–Trinajstić information content (AvgIpc) is 2.66. The average molecular weight is 214 g/mol. The van der Waals surface area contributed by atoms with Crippen molar-refractivity contribution in [1.82, 2.24) is 10.6 Å². The predicted molar refractivity (Wildman–Crippen MR) is 55.4 cm³/mol. The lowest BCUT2D eigenvalue weighted by Gasteiger charge is -2.20. The maximum absolute atomic E-state index is 11.6. The van der Waals surface area contributed by atoms with E-state index in [1.54, 1.807) is 13.8 Å². The Kier molecular flexibility index (Phi) is 3.68. The van der Waals surface area contributed by atoms with Gasteiger partial charge in [-0.25, -0.2) is 0 Å². The lowest BCUT2D eigenvalue weighted by Crippen LogP contribution is -2.41. The van der Waals surface area contributed by atoms with Crippen LogP contribution in [0.15, 0.2) is 0 Å². The molecule has 86 valence electrons. The fourth-order valence-corrected chi connectivity index (χ4v) is 1.41. The number of carboxylic acid groups (broad SMARTS) is 1. The van der Waals surface area contributed by atoms with Gasteiger partial charge in [0.1, 0.15) is 0 Å². The van der Waals surface area contributed by atoms with E-state index in [2.05, 4.69) is 10.6 Å². The summed E-state index contributed by atoms with van der Waals surface area (Å²) in [4.78, 5) is 22.4. The Balaban J connectivity index is 2.36. The summed E-state index contributed by atoms with van der Waals surface area (Å²) in [6, 6.07) is 0. The Hall–Kier alpha value is -1.10. The van der Waals surface area contributed by atoms with Gasteiger partial charge in [0.15, 0.2) is 0 Å². The number of carbonyl (C=O) groups excluding carboxylic acids is 1. The zero-order valence-corrected chi connectivity index (χ0v) is 9.17. The number of nitrogens with one attached hydrogen (secondary N) is 2. The highest BCUT2D eigenvalue weighted by molar-refractivity contribution is 5.80. The first-order chi connectivity index (χ1) is 6.93. The third-order valence-corrected chi connectivity index (χ3v) is 2.71. The molecule has 1 aliphatic heterocycles. The van der Waals surface area contributed by atoms with Gasteiger partial charge < -0.3 is 15.7 Å². The van der Waals surface area contributed by atoms with Crippen LogP contribution in [-0.2, 0) is 9.59 Å². The van der Waals surface area contributed by atoms with E-state index in [9.17, 15) is 9.59 Å². The fraction of sp³-hybridized carbons (Fsp3) is 0.800. The monoisotopic (exact) mass is 214 g/mol. The molecule has 1 atom stereocenters. The molecule has 5 heteroatoms. The second-order valence-electron chi connectivity index (χ2n) is 4.60. The van der Waals surface area contributed by atoms with E-state index >= 15 is 0 Å². The summed E-state index contributed by atoms with van der Waals surface area (Å²) in [6.07, 6.45) is 0.833. The quantitative estimate of drug-likeness (QED) is 0.607. The topological polar surface area (TPSA) is 78.4 Å². The Morgan fingerprint density at radius 3 is 2.67 bits per heavy atom. The van der Waals surface area contributed by atoms with Crippen molar-refractivity contribution >= 4 is 11.9 Å². The Morgan fingerprint density at radius 1 is 1.53 bits per heavy atom. The predicted octanol–water partition coefficient (Wildman–Crippen LogP) is -0.177. The molecular weight excluding hydrogens is 196 g/mol. The van der Waals surface area contributed by atoms with Crippen molar-refractivity contribution in [2.75, 3.05) is 19.6 Å². The summed E-state index contributed by atoms with van der Waals surface area (Å²) in [7, 11) is 0. The summed E-state index contributed by atoms with van der Waals surface area (Å²) in [5.74, 6) is -0.948. The molecule has 1 fully saturated rings. The van der Waals surface area contributed by atoms with Gasteiger partial charge in [0, 0.05) is 13.1 Å². The van der Waals surface area contributed by atoms with Gasteiger partial charge >= 0.3 is 5.97 Å². The van der Waals surface area contributed by atoms with Gasteiger partial charge in [-0.05, 0) is 26.8 Å². The molecule has 0 aromatic carbocycles. The van der Waals surface area contributed by atoms with Crippen molar-refractivity contribution in [1.29, 1.82) is 0 Å². The largest absolute Gasteiger partial charge is 0.481 e. The van der Waals surface area contributed by atoms with Crippen LogP contribution in [0.4, 0.5) is 0 Å². The van der Waals surface area contributed by atoms with E-state index in [0.29, 0.717) is 6.54 Å². The van der Waals surface area contributed by atoms with Crippen LogP contribution >= 0.6 is 0 Å². The molecule has 0 aliphatic carbocycles. The standard InChI is InChI=1S/C10H18N2O3/c1-10(2,9(14)15)6-12-8(13)7-3-4-11-5-7/h7,11H,3-6H2,1-2H3,(H,12,13)(H,14,15). The van der Waals surface area contributed by atoms with Crippen molar-refractivity contribution in [3.05, 3.63) is 0 Å². The second kappa shape index (κ2) is 4.61. The third-order valence-electron chi connectivity index (χ3n) is 2.71. The molecule has 0 bridgehead atoms. The summed E-state index contributed by atoms with van der Waals surface area (Å²) in [5, 5.41) is 14.6. The van der Waals surface area contributed by atoms with Crippen LogP contribution in [0.2, 0.25) is 0 Å². The van der Waals surface area contributed by atoms with Crippen LogP contribution in [0, 0.1) is 11.3 Å². The molecule has 1 unspecified atom stereocenters. The van der Waals surface area contributed by atoms with Crippen LogP contribution in [0.1, 0.15) is 20.3 Å². The molecule has 0 spiro atoms. The molecule has 3 N–H and O–H groups in total. The third kappa shape index (κ3) is 3.20. The highest BCUT2D eigenvalue weighted by atomic mass is 16.4. The number of hydrogen-bond donors (Lipinski definition) is 3. The maximum atomic E-state index is 11.6. The number of carboxylic acids is 1. The molecule has 15 heavy (non-hydrogen) atoms. The number of carbonyl (C=O) groups is 2. The van der Waals surface area contributed by atoms with Crippen molar-refractivity contribution in [2.45, 2.75) is 20.3 Å². The second-order valence-corrected chi connectivity index (χ2v) is 4.60. The van der Waals surface area contributed by atoms with Crippen molar-refractivity contribution < 1.29 is 14.7 Å². The Labute approximate surface area is 89.2 Å². The fourth-order valence-electron chi connectivity index (χ4n) is 1.41. The summed E-state index contributed by atoms with van der Waals surface area (Å²) in [5.41, 5.74) is -0.901. The highest BCUT2D eigenvalue weighted by Gasteiger charge is 2.29. The minimum absolute atomic E-state index is 0.00500. The Morgan fingerprint density at radius 2 is 2.20 bits per heavy atom. The number of rotatable bonds is 4. The van der Waals surface area contributed by atoms with Gasteiger partial charge in [0.25, 0.3) is 0 Å². The lowest BCUT2D eigenvalue weighted by atomic mass is 9.93. The van der Waals surface area contributed by atoms with Crippen LogP contribution in [0.5, 0.6) is 0 Å². The van der Waals surface area contributed by atoms with Crippen molar-refractivity contribution in [2.24, 2.45) is 11.3 Å². The molecule has 1 rings (SSSR count). The van der Waals surface area contributed by atoms with E-state index in [1.165, 1.54) is 0 Å². The smallest absolute Gasteiger partial charge is 0.310 e. The minimum Gasteiger partial charge on any atom is -0.481 e. The highest BCUT2D eigenvalue weighted by Crippen LogP contribution is 2.14. The molecule has 0 saturated carbocycles.